The van der Waals surface area contributed by atoms with E-state index in [1.807, 2.05) is 13.0 Å². The number of hydrogen-bond donors (Lipinski definition) is 1. The van der Waals surface area contributed by atoms with E-state index in [2.05, 4.69) is 38.1 Å². The van der Waals surface area contributed by atoms with Gasteiger partial charge in [-0.25, -0.2) is 4.98 Å². The number of hydrogen-bond acceptors (Lipinski definition) is 3. The first-order chi connectivity index (χ1) is 7.61. The smallest absolute Gasteiger partial charge is 0.226 e. The molecule has 0 bridgehead atoms. The molecule has 0 aliphatic carbocycles. The Balaban J connectivity index is 2.49. The van der Waals surface area contributed by atoms with Gasteiger partial charge in [0.05, 0.1) is 5.69 Å². The van der Waals surface area contributed by atoms with E-state index >= 15 is 0 Å². The molecule has 0 saturated heterocycles. The molecule has 1 unspecified atom stereocenters. The summed E-state index contributed by atoms with van der Waals surface area (Å²) in [5.74, 6) is 0.897. The average Bonchev–Trinajstić information content (AvgIpc) is 2.32. The lowest BCUT2D eigenvalue weighted by Gasteiger charge is -2.27. The van der Waals surface area contributed by atoms with E-state index in [0.29, 0.717) is 6.42 Å². The number of pyridine rings is 1. The number of nitrogens with zero attached hydrogens (tertiary/aromatic N) is 2. The maximum atomic E-state index is 11.6. The monoisotopic (exact) mass is 283 g/mol. The number of amides is 1. The van der Waals surface area contributed by atoms with Crippen LogP contribution < -0.4 is 10.2 Å². The lowest BCUT2D eigenvalue weighted by molar-refractivity contribution is -0.116. The molecular formula is C11H14BrN3O. The minimum atomic E-state index is 0.0459. The zero-order valence-electron chi connectivity index (χ0n) is 9.33. The van der Waals surface area contributed by atoms with E-state index in [1.165, 1.54) is 0 Å². The highest BCUT2D eigenvalue weighted by molar-refractivity contribution is 9.10. The van der Waals surface area contributed by atoms with Crippen molar-refractivity contribution in [1.82, 2.24) is 4.98 Å². The van der Waals surface area contributed by atoms with Crippen LogP contribution in [0.25, 0.3) is 0 Å². The van der Waals surface area contributed by atoms with Gasteiger partial charge < -0.3 is 10.2 Å². The molecule has 0 radical (unpaired) electrons. The Labute approximate surface area is 103 Å². The van der Waals surface area contributed by atoms with Crippen LogP contribution in [0.4, 0.5) is 11.5 Å². The van der Waals surface area contributed by atoms with Gasteiger partial charge in [-0.1, -0.05) is 0 Å². The van der Waals surface area contributed by atoms with Gasteiger partial charge in [0.15, 0.2) is 5.82 Å². The van der Waals surface area contributed by atoms with E-state index < -0.39 is 0 Å². The third-order valence-corrected chi connectivity index (χ3v) is 3.17. The lowest BCUT2D eigenvalue weighted by atomic mass is 10.2. The molecule has 86 valence electrons. The maximum Gasteiger partial charge on any atom is 0.226 e. The molecule has 2 rings (SSSR count). The summed E-state index contributed by atoms with van der Waals surface area (Å²) in [4.78, 5) is 18.2. The topological polar surface area (TPSA) is 45.2 Å². The predicted octanol–water partition coefficient (Wildman–Crippen LogP) is 2.40. The summed E-state index contributed by atoms with van der Waals surface area (Å²) in [6.07, 6.45) is 2.26. The van der Waals surface area contributed by atoms with Crippen LogP contribution in [0.1, 0.15) is 20.3 Å². The van der Waals surface area contributed by atoms with E-state index in [9.17, 15) is 4.79 Å². The summed E-state index contributed by atoms with van der Waals surface area (Å²) >= 11 is 3.36. The fourth-order valence-electron chi connectivity index (χ4n) is 2.00. The quantitative estimate of drug-likeness (QED) is 0.861. The molecule has 5 heteroatoms. The van der Waals surface area contributed by atoms with Gasteiger partial charge >= 0.3 is 0 Å². The Morgan fingerprint density at radius 1 is 1.69 bits per heavy atom. The van der Waals surface area contributed by atoms with Crippen LogP contribution >= 0.6 is 15.9 Å². The molecule has 2 heterocycles. The molecule has 1 N–H and O–H groups in total. The maximum absolute atomic E-state index is 11.6. The van der Waals surface area contributed by atoms with E-state index in [0.717, 1.165) is 22.5 Å². The highest BCUT2D eigenvalue weighted by Gasteiger charge is 2.24. The molecule has 1 aliphatic heterocycles. The number of aromatic nitrogens is 1. The van der Waals surface area contributed by atoms with Crippen LogP contribution in [0.3, 0.4) is 0 Å². The Kier molecular flexibility index (Phi) is 3.14. The summed E-state index contributed by atoms with van der Waals surface area (Å²) in [6.45, 7) is 4.96. The van der Waals surface area contributed by atoms with Crippen molar-refractivity contribution in [3.05, 3.63) is 16.7 Å². The normalized spacial score (nSPS) is 20.1. The summed E-state index contributed by atoms with van der Waals surface area (Å²) in [7, 11) is 0. The zero-order valence-corrected chi connectivity index (χ0v) is 10.9. The second-order valence-corrected chi connectivity index (χ2v) is 4.83. The first-order valence-corrected chi connectivity index (χ1v) is 6.13. The molecule has 1 amide bonds. The van der Waals surface area contributed by atoms with Gasteiger partial charge in [0, 0.05) is 29.7 Å². The number of carbonyl (C=O) groups excluding carboxylic acids is 1. The first-order valence-electron chi connectivity index (χ1n) is 5.34. The highest BCUT2D eigenvalue weighted by atomic mass is 79.9. The van der Waals surface area contributed by atoms with E-state index in [4.69, 9.17) is 0 Å². The first kappa shape index (κ1) is 11.4. The van der Waals surface area contributed by atoms with Crippen molar-refractivity contribution in [3.63, 3.8) is 0 Å². The van der Waals surface area contributed by atoms with Gasteiger partial charge in [-0.3, -0.25) is 4.79 Å². The van der Waals surface area contributed by atoms with Crippen LogP contribution in [0.15, 0.2) is 16.7 Å². The van der Waals surface area contributed by atoms with Crippen molar-refractivity contribution in [2.24, 2.45) is 0 Å². The van der Waals surface area contributed by atoms with Crippen LogP contribution in [-0.4, -0.2) is 23.5 Å². The fourth-order valence-corrected chi connectivity index (χ4v) is 2.33. The van der Waals surface area contributed by atoms with Crippen molar-refractivity contribution in [2.75, 3.05) is 16.8 Å². The largest absolute Gasteiger partial charge is 0.352 e. The lowest BCUT2D eigenvalue weighted by Crippen LogP contribution is -2.33. The van der Waals surface area contributed by atoms with Crippen molar-refractivity contribution < 1.29 is 4.79 Å². The van der Waals surface area contributed by atoms with Gasteiger partial charge in [0.2, 0.25) is 5.91 Å². The van der Waals surface area contributed by atoms with Gasteiger partial charge in [0.25, 0.3) is 0 Å². The summed E-state index contributed by atoms with van der Waals surface area (Å²) < 4.78 is 0.872. The molecule has 1 aromatic rings. The minimum Gasteiger partial charge on any atom is -0.352 e. The highest BCUT2D eigenvalue weighted by Crippen LogP contribution is 2.30. The molecule has 1 aromatic heterocycles. The van der Waals surface area contributed by atoms with Crippen LogP contribution in [-0.2, 0) is 4.79 Å². The molecule has 0 aromatic carbocycles. The molecule has 16 heavy (non-hydrogen) atoms. The molecule has 0 saturated carbocycles. The van der Waals surface area contributed by atoms with Crippen molar-refractivity contribution in [3.8, 4) is 0 Å². The van der Waals surface area contributed by atoms with Crippen molar-refractivity contribution >= 4 is 33.3 Å². The van der Waals surface area contributed by atoms with E-state index in [-0.39, 0.29) is 11.9 Å². The van der Waals surface area contributed by atoms with Crippen LogP contribution in [0.2, 0.25) is 0 Å². The standard InChI is InChI=1S/C11H14BrN3O/c1-3-15-7(2)4-10(16)14-9-5-8(12)6-13-11(9)15/h5-7H,3-4H2,1-2H3,(H,14,16). The van der Waals surface area contributed by atoms with Gasteiger partial charge in [0.1, 0.15) is 0 Å². The number of halogens is 1. The SMILES string of the molecule is CCN1c2ncc(Br)cc2NC(=O)CC1C. The summed E-state index contributed by atoms with van der Waals surface area (Å²) in [5.41, 5.74) is 0.783. The third kappa shape index (κ3) is 2.04. The molecule has 1 aliphatic rings. The van der Waals surface area contributed by atoms with Crippen LogP contribution in [0.5, 0.6) is 0 Å². The fraction of sp³-hybridized carbons (Fsp3) is 0.455. The van der Waals surface area contributed by atoms with Gasteiger partial charge in [-0.15, -0.1) is 0 Å². The molecule has 1 atom stereocenters. The summed E-state index contributed by atoms with van der Waals surface area (Å²) in [6, 6.07) is 2.07. The average molecular weight is 284 g/mol. The summed E-state index contributed by atoms with van der Waals surface area (Å²) in [5, 5.41) is 2.88. The Morgan fingerprint density at radius 3 is 3.12 bits per heavy atom. The Morgan fingerprint density at radius 2 is 2.44 bits per heavy atom. The number of carbonyl (C=O) groups is 1. The number of anilines is 2. The third-order valence-electron chi connectivity index (χ3n) is 2.73. The number of nitrogens with one attached hydrogen (secondary N) is 1. The molecular weight excluding hydrogens is 270 g/mol. The molecule has 0 spiro atoms. The predicted molar refractivity (Wildman–Crippen MR) is 67.7 cm³/mol. The van der Waals surface area contributed by atoms with Crippen molar-refractivity contribution in [2.45, 2.75) is 26.3 Å². The zero-order chi connectivity index (χ0) is 11.7. The number of fused-ring (bicyclic) bond motifs is 1. The minimum absolute atomic E-state index is 0.0459. The van der Waals surface area contributed by atoms with E-state index in [1.54, 1.807) is 6.20 Å². The second kappa shape index (κ2) is 4.41. The van der Waals surface area contributed by atoms with Gasteiger partial charge in [-0.2, -0.15) is 0 Å². The Bertz CT molecular complexity index is 422. The van der Waals surface area contributed by atoms with Crippen molar-refractivity contribution in [1.29, 1.82) is 0 Å². The second-order valence-electron chi connectivity index (χ2n) is 3.91. The molecule has 0 fully saturated rings. The number of rotatable bonds is 1. The molecule has 4 nitrogen and oxygen atoms in total. The van der Waals surface area contributed by atoms with Crippen LogP contribution in [0, 0.1) is 0 Å². The van der Waals surface area contributed by atoms with Gasteiger partial charge in [-0.05, 0) is 35.8 Å². The Hall–Kier alpha value is -1.10.